The third kappa shape index (κ3) is 5.01. The Balaban J connectivity index is 2.17. The summed E-state index contributed by atoms with van der Waals surface area (Å²) in [6.45, 7) is 6.95. The molecule has 29 heavy (non-hydrogen) atoms. The van der Waals surface area contributed by atoms with Crippen LogP contribution in [-0.2, 0) is 19.6 Å². The summed E-state index contributed by atoms with van der Waals surface area (Å²) in [4.78, 5) is 25.0. The predicted octanol–water partition coefficient (Wildman–Crippen LogP) is 2.21. The zero-order valence-electron chi connectivity index (χ0n) is 17.3. The molecule has 0 spiro atoms. The number of anilines is 1. The predicted molar refractivity (Wildman–Crippen MR) is 108 cm³/mol. The lowest BCUT2D eigenvalue weighted by Crippen LogP contribution is -2.31. The quantitative estimate of drug-likeness (QED) is 0.685. The minimum absolute atomic E-state index is 0.0296. The van der Waals surface area contributed by atoms with E-state index in [9.17, 15) is 18.0 Å². The van der Waals surface area contributed by atoms with Gasteiger partial charge < -0.3 is 10.1 Å². The molecule has 2 aromatic rings. The number of rotatable bonds is 7. The van der Waals surface area contributed by atoms with Crippen LogP contribution in [0.5, 0.6) is 0 Å². The molecule has 2 rings (SSSR count). The first-order valence-electron chi connectivity index (χ1n) is 9.03. The molecule has 10 heteroatoms. The molecule has 0 bridgehead atoms. The van der Waals surface area contributed by atoms with Crippen molar-refractivity contribution in [2.24, 2.45) is 0 Å². The molecule has 0 aliphatic heterocycles. The number of hydrogen-bond donors (Lipinski definition) is 1. The average Bonchev–Trinajstić information content (AvgIpc) is 3.09. The van der Waals surface area contributed by atoms with Gasteiger partial charge in [0, 0.05) is 26.2 Å². The molecule has 0 aliphatic carbocycles. The minimum atomic E-state index is -3.71. The Hall–Kier alpha value is -2.72. The summed E-state index contributed by atoms with van der Waals surface area (Å²) in [7, 11) is -0.897. The Labute approximate surface area is 170 Å². The molecule has 9 nitrogen and oxygen atoms in total. The lowest BCUT2D eigenvalue weighted by Gasteiger charge is -2.17. The van der Waals surface area contributed by atoms with Gasteiger partial charge in [0.25, 0.3) is 5.91 Å². The van der Waals surface area contributed by atoms with Crippen LogP contribution in [0.15, 0.2) is 35.4 Å². The number of aryl methyl sites for hydroxylation is 1. The Morgan fingerprint density at radius 2 is 1.83 bits per heavy atom. The maximum Gasteiger partial charge on any atom is 0.339 e. The third-order valence-corrected chi connectivity index (χ3v) is 6.08. The molecule has 1 heterocycles. The standard InChI is InChI=1S/C19H26N4O5S/c1-12(2)23-17(9-10-20-23)21-18(24)14(4)28-19(25)16-11-15(8-7-13(16)3)29(26,27)22(5)6/h7-12,14H,1-6H3,(H,21,24)/t14-/m0/s1. The van der Waals surface area contributed by atoms with Gasteiger partial charge in [0.05, 0.1) is 16.7 Å². The van der Waals surface area contributed by atoms with Gasteiger partial charge in [0.1, 0.15) is 5.82 Å². The fourth-order valence-electron chi connectivity index (χ4n) is 2.52. The van der Waals surface area contributed by atoms with Crippen LogP contribution in [0.4, 0.5) is 5.82 Å². The lowest BCUT2D eigenvalue weighted by molar-refractivity contribution is -0.123. The SMILES string of the molecule is Cc1ccc(S(=O)(=O)N(C)C)cc1C(=O)O[C@@H](C)C(=O)Nc1ccnn1C(C)C. The highest BCUT2D eigenvalue weighted by atomic mass is 32.2. The van der Waals surface area contributed by atoms with Crippen LogP contribution in [0.3, 0.4) is 0 Å². The molecule has 0 saturated heterocycles. The van der Waals surface area contributed by atoms with Gasteiger partial charge in [0.2, 0.25) is 10.0 Å². The van der Waals surface area contributed by atoms with Gasteiger partial charge in [-0.2, -0.15) is 5.10 Å². The van der Waals surface area contributed by atoms with Crippen molar-refractivity contribution in [3.05, 3.63) is 41.6 Å². The summed E-state index contributed by atoms with van der Waals surface area (Å²) < 4.78 is 32.6. The average molecular weight is 423 g/mol. The highest BCUT2D eigenvalue weighted by Crippen LogP contribution is 2.20. The zero-order chi connectivity index (χ0) is 21.9. The number of ether oxygens (including phenoxy) is 1. The van der Waals surface area contributed by atoms with Gasteiger partial charge >= 0.3 is 5.97 Å². The van der Waals surface area contributed by atoms with Crippen molar-refractivity contribution in [1.29, 1.82) is 0 Å². The normalized spacial score (nSPS) is 12.8. The van der Waals surface area contributed by atoms with E-state index in [2.05, 4.69) is 10.4 Å². The van der Waals surface area contributed by atoms with Gasteiger partial charge in [-0.25, -0.2) is 22.2 Å². The number of benzene rings is 1. The molecular formula is C19H26N4O5S. The van der Waals surface area contributed by atoms with E-state index in [1.807, 2.05) is 13.8 Å². The van der Waals surface area contributed by atoms with Crippen molar-refractivity contribution < 1.29 is 22.7 Å². The highest BCUT2D eigenvalue weighted by molar-refractivity contribution is 7.89. The fraction of sp³-hybridized carbons (Fsp3) is 0.421. The van der Waals surface area contributed by atoms with Crippen molar-refractivity contribution >= 4 is 27.7 Å². The highest BCUT2D eigenvalue weighted by Gasteiger charge is 2.24. The summed E-state index contributed by atoms with van der Waals surface area (Å²) in [5, 5.41) is 6.80. The number of nitrogens with one attached hydrogen (secondary N) is 1. The molecule has 1 atom stereocenters. The molecule has 1 amide bonds. The zero-order valence-corrected chi connectivity index (χ0v) is 18.1. The first kappa shape index (κ1) is 22.6. The largest absolute Gasteiger partial charge is 0.449 e. The monoisotopic (exact) mass is 422 g/mol. The summed E-state index contributed by atoms with van der Waals surface area (Å²) >= 11 is 0. The van der Waals surface area contributed by atoms with Crippen molar-refractivity contribution in [2.75, 3.05) is 19.4 Å². The Morgan fingerprint density at radius 1 is 1.17 bits per heavy atom. The smallest absolute Gasteiger partial charge is 0.339 e. The van der Waals surface area contributed by atoms with Crippen LogP contribution in [0, 0.1) is 6.92 Å². The Kier molecular flexibility index (Phi) is 6.81. The number of nitrogens with zero attached hydrogens (tertiary/aromatic N) is 3. The van der Waals surface area contributed by atoms with Gasteiger partial charge in [-0.3, -0.25) is 4.79 Å². The van der Waals surface area contributed by atoms with Gasteiger partial charge in [0.15, 0.2) is 6.10 Å². The van der Waals surface area contributed by atoms with Crippen LogP contribution >= 0.6 is 0 Å². The van der Waals surface area contributed by atoms with E-state index in [0.717, 1.165) is 4.31 Å². The molecule has 158 valence electrons. The molecule has 1 aromatic heterocycles. The number of carbonyl (C=O) groups excluding carboxylic acids is 2. The summed E-state index contributed by atoms with van der Waals surface area (Å²) in [6, 6.07) is 5.89. The minimum Gasteiger partial charge on any atom is -0.449 e. The maximum absolute atomic E-state index is 12.6. The number of amides is 1. The fourth-order valence-corrected chi connectivity index (χ4v) is 3.45. The van der Waals surface area contributed by atoms with Crippen molar-refractivity contribution in [3.8, 4) is 0 Å². The van der Waals surface area contributed by atoms with Gasteiger partial charge in [-0.05, 0) is 45.4 Å². The van der Waals surface area contributed by atoms with Crippen molar-refractivity contribution in [2.45, 2.75) is 44.7 Å². The number of aromatic nitrogens is 2. The topological polar surface area (TPSA) is 111 Å². The second-order valence-electron chi connectivity index (χ2n) is 7.06. The summed E-state index contributed by atoms with van der Waals surface area (Å²) in [5.74, 6) is -0.808. The van der Waals surface area contributed by atoms with E-state index in [-0.39, 0.29) is 16.5 Å². The van der Waals surface area contributed by atoms with Crippen LogP contribution in [0.1, 0.15) is 42.7 Å². The van der Waals surface area contributed by atoms with Gasteiger partial charge in [-0.1, -0.05) is 6.07 Å². The molecule has 0 aliphatic rings. The summed E-state index contributed by atoms with van der Waals surface area (Å²) in [6.07, 6.45) is 0.471. The van der Waals surface area contributed by atoms with Crippen molar-refractivity contribution in [3.63, 3.8) is 0 Å². The van der Waals surface area contributed by atoms with Crippen molar-refractivity contribution in [1.82, 2.24) is 14.1 Å². The molecule has 0 fully saturated rings. The lowest BCUT2D eigenvalue weighted by atomic mass is 10.1. The van der Waals surface area contributed by atoms with Crippen LogP contribution in [-0.4, -0.2) is 54.6 Å². The number of esters is 1. The van der Waals surface area contributed by atoms with E-state index in [1.165, 1.54) is 39.2 Å². The van der Waals surface area contributed by atoms with Crippen LogP contribution < -0.4 is 5.32 Å². The number of hydrogen-bond acceptors (Lipinski definition) is 6. The second kappa shape index (κ2) is 8.75. The van der Waals surface area contributed by atoms with Gasteiger partial charge in [-0.15, -0.1) is 0 Å². The van der Waals surface area contributed by atoms with E-state index in [1.54, 1.807) is 23.9 Å². The number of sulfonamides is 1. The van der Waals surface area contributed by atoms with E-state index < -0.39 is 28.0 Å². The summed E-state index contributed by atoms with van der Waals surface area (Å²) in [5.41, 5.74) is 0.623. The molecular weight excluding hydrogens is 396 g/mol. The molecule has 0 unspecified atom stereocenters. The van der Waals surface area contributed by atoms with Crippen LogP contribution in [0.2, 0.25) is 0 Å². The first-order valence-corrected chi connectivity index (χ1v) is 10.5. The molecule has 1 N–H and O–H groups in total. The second-order valence-corrected chi connectivity index (χ2v) is 9.21. The van der Waals surface area contributed by atoms with E-state index >= 15 is 0 Å². The Morgan fingerprint density at radius 3 is 2.41 bits per heavy atom. The molecule has 0 saturated carbocycles. The van der Waals surface area contributed by atoms with E-state index in [0.29, 0.717) is 11.4 Å². The third-order valence-electron chi connectivity index (χ3n) is 4.27. The van der Waals surface area contributed by atoms with E-state index in [4.69, 9.17) is 4.74 Å². The Bertz CT molecular complexity index is 1010. The number of carbonyl (C=O) groups is 2. The van der Waals surface area contributed by atoms with Crippen LogP contribution in [0.25, 0.3) is 0 Å². The molecule has 0 radical (unpaired) electrons. The molecule has 1 aromatic carbocycles. The maximum atomic E-state index is 12.6. The first-order chi connectivity index (χ1) is 13.4.